The number of fused-ring (bicyclic) bond motifs is 3. The summed E-state index contributed by atoms with van der Waals surface area (Å²) in [4.78, 5) is 3.31. The van der Waals surface area contributed by atoms with Crippen LogP contribution in [0.25, 0.3) is 21.8 Å². The van der Waals surface area contributed by atoms with Crippen LogP contribution in [0.15, 0.2) is 60.7 Å². The summed E-state index contributed by atoms with van der Waals surface area (Å²) in [6.07, 6.45) is 1.08. The number of aromatic nitrogens is 1. The fourth-order valence-electron chi connectivity index (χ4n) is 3.60. The molecule has 0 saturated carbocycles. The van der Waals surface area contributed by atoms with Crippen LogP contribution in [0.3, 0.4) is 0 Å². The molecular weight excluding hydrogens is 430 g/mol. The zero-order chi connectivity index (χ0) is 22.9. The first-order valence-electron chi connectivity index (χ1n) is 10.0. The van der Waals surface area contributed by atoms with Gasteiger partial charge in [0.1, 0.15) is 23.8 Å². The normalized spacial score (nSPS) is 13.8. The number of benzene rings is 3. The zero-order valence-electron chi connectivity index (χ0n) is 17.7. The number of phenolic OH excluding ortho intramolecular Hbond substituents is 1. The van der Waals surface area contributed by atoms with Crippen molar-refractivity contribution in [3.05, 3.63) is 66.2 Å². The van der Waals surface area contributed by atoms with Crippen LogP contribution in [0.4, 0.5) is 5.69 Å². The van der Waals surface area contributed by atoms with Crippen molar-refractivity contribution in [2.24, 2.45) is 0 Å². The van der Waals surface area contributed by atoms with E-state index in [1.165, 1.54) is 0 Å². The highest BCUT2D eigenvalue weighted by Gasteiger charge is 2.22. The number of aliphatic hydroxyl groups is 1. The number of nitrogens with one attached hydrogen (secondary N) is 3. The maximum absolute atomic E-state index is 11.3. The molecule has 0 saturated heterocycles. The van der Waals surface area contributed by atoms with Crippen molar-refractivity contribution in [3.8, 4) is 11.5 Å². The standard InChI is InChI=1S/C23H25N3O5S/c1-23(28,15-3-5-16(6-4-15)26-32(2,29)30)24-11-12-31-18-8-9-19-20-13-17(27)7-10-21(20)25-22(19)14-18/h3-10,13-14,24-28H,11-12H2,1-2H3/t23-/m1/s1. The SMILES string of the molecule is C[C@](O)(NCCOc1ccc2c(c1)[nH]c1ccc(O)cc12)c1ccc(NS(C)(=O)=O)cc1. The van der Waals surface area contributed by atoms with Crippen LogP contribution in [0.1, 0.15) is 12.5 Å². The van der Waals surface area contributed by atoms with Crippen LogP contribution in [0.2, 0.25) is 0 Å². The van der Waals surface area contributed by atoms with Gasteiger partial charge in [-0.3, -0.25) is 10.0 Å². The molecule has 0 aliphatic heterocycles. The Morgan fingerprint density at radius 2 is 1.75 bits per heavy atom. The van der Waals surface area contributed by atoms with E-state index in [-0.39, 0.29) is 5.75 Å². The van der Waals surface area contributed by atoms with Crippen LogP contribution in [0, 0.1) is 0 Å². The van der Waals surface area contributed by atoms with E-state index in [0.29, 0.717) is 30.2 Å². The number of anilines is 1. The smallest absolute Gasteiger partial charge is 0.229 e. The molecule has 168 valence electrons. The van der Waals surface area contributed by atoms with E-state index >= 15 is 0 Å². The quantitative estimate of drug-likeness (QED) is 0.205. The van der Waals surface area contributed by atoms with Crippen LogP contribution >= 0.6 is 0 Å². The van der Waals surface area contributed by atoms with Crippen molar-refractivity contribution >= 4 is 37.5 Å². The Balaban J connectivity index is 1.35. The molecule has 32 heavy (non-hydrogen) atoms. The highest BCUT2D eigenvalue weighted by molar-refractivity contribution is 7.92. The molecule has 1 aromatic heterocycles. The van der Waals surface area contributed by atoms with Gasteiger partial charge in [-0.1, -0.05) is 12.1 Å². The van der Waals surface area contributed by atoms with Gasteiger partial charge in [0, 0.05) is 34.6 Å². The number of sulfonamides is 1. The lowest BCUT2D eigenvalue weighted by molar-refractivity contribution is 0.0169. The van der Waals surface area contributed by atoms with E-state index in [9.17, 15) is 18.6 Å². The summed E-state index contributed by atoms with van der Waals surface area (Å²) in [5, 5.41) is 25.4. The van der Waals surface area contributed by atoms with Crippen molar-refractivity contribution in [2.75, 3.05) is 24.1 Å². The predicted molar refractivity (Wildman–Crippen MR) is 125 cm³/mol. The topological polar surface area (TPSA) is 124 Å². The molecule has 9 heteroatoms. The molecule has 0 spiro atoms. The summed E-state index contributed by atoms with van der Waals surface area (Å²) < 4.78 is 30.8. The largest absolute Gasteiger partial charge is 0.508 e. The van der Waals surface area contributed by atoms with Crippen molar-refractivity contribution in [2.45, 2.75) is 12.6 Å². The first-order valence-corrected chi connectivity index (χ1v) is 11.9. The first kappa shape index (κ1) is 21.9. The number of ether oxygens (including phenoxy) is 1. The summed E-state index contributed by atoms with van der Waals surface area (Å²) in [5.41, 5.74) is 1.56. The molecule has 0 fully saturated rings. The lowest BCUT2D eigenvalue weighted by Crippen LogP contribution is -2.41. The second-order valence-corrected chi connectivity index (χ2v) is 9.61. The Morgan fingerprint density at radius 1 is 1.00 bits per heavy atom. The van der Waals surface area contributed by atoms with E-state index in [0.717, 1.165) is 28.1 Å². The van der Waals surface area contributed by atoms with Crippen LogP contribution in [-0.2, 0) is 15.7 Å². The molecule has 0 unspecified atom stereocenters. The minimum absolute atomic E-state index is 0.221. The van der Waals surface area contributed by atoms with Crippen LogP contribution in [0.5, 0.6) is 11.5 Å². The highest BCUT2D eigenvalue weighted by Crippen LogP contribution is 2.30. The Kier molecular flexibility index (Phi) is 5.72. The molecule has 0 aliphatic rings. The van der Waals surface area contributed by atoms with Crippen molar-refractivity contribution in [3.63, 3.8) is 0 Å². The molecule has 0 radical (unpaired) electrons. The fraction of sp³-hybridized carbons (Fsp3) is 0.217. The van der Waals surface area contributed by atoms with Gasteiger partial charge in [-0.2, -0.15) is 0 Å². The average molecular weight is 456 g/mol. The molecule has 3 aromatic carbocycles. The molecule has 0 amide bonds. The molecule has 0 aliphatic carbocycles. The summed E-state index contributed by atoms with van der Waals surface area (Å²) >= 11 is 0. The van der Waals surface area contributed by atoms with E-state index < -0.39 is 15.7 Å². The second-order valence-electron chi connectivity index (χ2n) is 7.86. The molecule has 0 bridgehead atoms. The number of rotatable bonds is 8. The van der Waals surface area contributed by atoms with Crippen molar-refractivity contribution < 1.29 is 23.4 Å². The number of aromatic amines is 1. The van der Waals surface area contributed by atoms with Gasteiger partial charge in [-0.25, -0.2) is 8.42 Å². The minimum Gasteiger partial charge on any atom is -0.508 e. The zero-order valence-corrected chi connectivity index (χ0v) is 18.5. The Morgan fingerprint density at radius 3 is 2.47 bits per heavy atom. The molecule has 1 atom stereocenters. The number of phenols is 1. The van der Waals surface area contributed by atoms with Gasteiger partial charge in [0.15, 0.2) is 0 Å². The van der Waals surface area contributed by atoms with Gasteiger partial charge in [0.25, 0.3) is 0 Å². The van der Waals surface area contributed by atoms with Gasteiger partial charge >= 0.3 is 0 Å². The van der Waals surface area contributed by atoms with Crippen LogP contribution in [-0.4, -0.2) is 43.0 Å². The van der Waals surface area contributed by atoms with Gasteiger partial charge in [0.2, 0.25) is 10.0 Å². The fourth-order valence-corrected chi connectivity index (χ4v) is 4.17. The third-order valence-electron chi connectivity index (χ3n) is 5.14. The molecule has 8 nitrogen and oxygen atoms in total. The highest BCUT2D eigenvalue weighted by atomic mass is 32.2. The lowest BCUT2D eigenvalue weighted by atomic mass is 10.0. The van der Waals surface area contributed by atoms with Gasteiger partial charge < -0.3 is 19.9 Å². The van der Waals surface area contributed by atoms with Crippen molar-refractivity contribution in [1.29, 1.82) is 0 Å². The maximum Gasteiger partial charge on any atom is 0.229 e. The van der Waals surface area contributed by atoms with E-state index in [4.69, 9.17) is 4.74 Å². The lowest BCUT2D eigenvalue weighted by Gasteiger charge is -2.25. The summed E-state index contributed by atoms with van der Waals surface area (Å²) in [6.45, 7) is 2.34. The number of hydrogen-bond donors (Lipinski definition) is 5. The van der Waals surface area contributed by atoms with E-state index in [1.54, 1.807) is 43.3 Å². The summed E-state index contributed by atoms with van der Waals surface area (Å²) in [5.74, 6) is 0.907. The monoisotopic (exact) mass is 455 g/mol. The molecule has 1 heterocycles. The molecule has 4 rings (SSSR count). The maximum atomic E-state index is 11.3. The summed E-state index contributed by atoms with van der Waals surface area (Å²) in [7, 11) is -3.35. The Hall–Kier alpha value is -3.27. The third-order valence-corrected chi connectivity index (χ3v) is 5.75. The average Bonchev–Trinajstić information content (AvgIpc) is 3.07. The van der Waals surface area contributed by atoms with E-state index in [1.807, 2.05) is 24.3 Å². The number of H-pyrrole nitrogens is 1. The second kappa shape index (κ2) is 8.34. The summed E-state index contributed by atoms with van der Waals surface area (Å²) in [6, 6.07) is 17.4. The van der Waals surface area contributed by atoms with Gasteiger partial charge in [-0.15, -0.1) is 0 Å². The van der Waals surface area contributed by atoms with E-state index in [2.05, 4.69) is 15.0 Å². The Bertz CT molecular complexity index is 1360. The van der Waals surface area contributed by atoms with Crippen LogP contribution < -0.4 is 14.8 Å². The van der Waals surface area contributed by atoms with Gasteiger partial charge in [0.05, 0.1) is 11.8 Å². The Labute approximate surface area is 185 Å². The number of aromatic hydroxyl groups is 1. The molecule has 4 aromatic rings. The number of hydrogen-bond acceptors (Lipinski definition) is 6. The third kappa shape index (κ3) is 4.96. The minimum atomic E-state index is -3.35. The van der Waals surface area contributed by atoms with Gasteiger partial charge in [-0.05, 0) is 55.0 Å². The molecular formula is C23H25N3O5S. The predicted octanol–water partition coefficient (Wildman–Crippen LogP) is 3.23. The molecule has 5 N–H and O–H groups in total. The van der Waals surface area contributed by atoms with Crippen molar-refractivity contribution in [1.82, 2.24) is 10.3 Å². The first-order chi connectivity index (χ1) is 15.1.